The molecule has 1 saturated heterocycles. The van der Waals surface area contributed by atoms with Crippen LogP contribution in [0, 0.1) is 0 Å². The van der Waals surface area contributed by atoms with Crippen molar-refractivity contribution < 1.29 is 0 Å². The first-order chi connectivity index (χ1) is 15.0. The van der Waals surface area contributed by atoms with Crippen LogP contribution in [-0.4, -0.2) is 28.4 Å². The molecule has 0 bridgehead atoms. The largest absolute Gasteiger partial charge is 0.0630 e. The van der Waals surface area contributed by atoms with Gasteiger partial charge in [0.15, 0.2) is 0 Å². The van der Waals surface area contributed by atoms with Crippen LogP contribution in [0.4, 0.5) is 0 Å². The van der Waals surface area contributed by atoms with E-state index in [1.165, 1.54) is 0 Å². The van der Waals surface area contributed by atoms with E-state index in [1.54, 1.807) is 0 Å². The van der Waals surface area contributed by atoms with E-state index in [2.05, 4.69) is 166 Å². The molecule has 1 aliphatic rings. The van der Waals surface area contributed by atoms with Gasteiger partial charge in [-0.1, -0.05) is 166 Å². The summed E-state index contributed by atoms with van der Waals surface area (Å²) in [7, 11) is -8.25. The van der Waals surface area contributed by atoms with Crippen LogP contribution in [-0.2, 0) is 0 Å². The SMILES string of the molecule is CC(C)(C)[Si]1(C(C)(C)C)[Si](C(C)(C)C)(C(C)(C)C)[Si](C(C)(C)C)(C(C)(C)C)[Si]1(C(C)(C)C)C(C)(C)C. The zero-order valence-electron chi connectivity index (χ0n) is 30.0. The van der Waals surface area contributed by atoms with E-state index in [9.17, 15) is 0 Å². The highest BCUT2D eigenvalue weighted by Crippen LogP contribution is 2.91. The first-order valence-electron chi connectivity index (χ1n) is 15.0. The standard InChI is InChI=1S/C32H72Si4/c1-25(2,3)33(26(4,5)6)34(27(7,8)9,28(10,11)12)36(31(19,20)21,32(22,23)24)35(33,29(13,14)15)30(16,17)18/h1-24H3. The van der Waals surface area contributed by atoms with Gasteiger partial charge in [-0.25, -0.2) is 0 Å². The van der Waals surface area contributed by atoms with E-state index in [1.807, 2.05) is 0 Å². The van der Waals surface area contributed by atoms with E-state index >= 15 is 0 Å². The van der Waals surface area contributed by atoms with Gasteiger partial charge in [-0.3, -0.25) is 0 Å². The Morgan fingerprint density at radius 1 is 0.167 bits per heavy atom. The molecule has 0 aromatic rings. The van der Waals surface area contributed by atoms with Crippen LogP contribution in [0.2, 0.25) is 40.3 Å². The Labute approximate surface area is 234 Å². The van der Waals surface area contributed by atoms with Crippen molar-refractivity contribution >= 4 is 28.4 Å². The van der Waals surface area contributed by atoms with Crippen LogP contribution < -0.4 is 0 Å². The molecule has 1 fully saturated rings. The van der Waals surface area contributed by atoms with Gasteiger partial charge in [0.2, 0.25) is 0 Å². The molecule has 0 aromatic carbocycles. The summed E-state index contributed by atoms with van der Waals surface area (Å²) in [5.41, 5.74) is 0. The Kier molecular flexibility index (Phi) is 7.96. The Balaban J connectivity index is 5.33. The molecular formula is C32H72Si4. The van der Waals surface area contributed by atoms with E-state index in [4.69, 9.17) is 0 Å². The molecule has 36 heavy (non-hydrogen) atoms. The van der Waals surface area contributed by atoms with E-state index in [-0.39, 0.29) is 0 Å². The summed E-state index contributed by atoms with van der Waals surface area (Å²) in [5, 5.41) is 2.87. The molecule has 0 nitrogen and oxygen atoms in total. The summed E-state index contributed by atoms with van der Waals surface area (Å²) in [6, 6.07) is 0. The van der Waals surface area contributed by atoms with Gasteiger partial charge in [0.1, 0.15) is 0 Å². The summed E-state index contributed by atoms with van der Waals surface area (Å²) >= 11 is 0. The molecule has 216 valence electrons. The van der Waals surface area contributed by atoms with Gasteiger partial charge in [-0.2, -0.15) is 0 Å². The molecule has 0 N–H and O–H groups in total. The Morgan fingerprint density at radius 2 is 0.222 bits per heavy atom. The maximum Gasteiger partial charge on any atom is 0.0511 e. The fourth-order valence-electron chi connectivity index (χ4n) is 14.6. The maximum atomic E-state index is 2.76. The predicted octanol–water partition coefficient (Wildman–Crippen LogP) is 12.5. The highest BCUT2D eigenvalue weighted by atomic mass is 30.2. The molecule has 1 aliphatic heterocycles. The zero-order chi connectivity index (χ0) is 30.0. The third-order valence-corrected chi connectivity index (χ3v) is 119. The lowest BCUT2D eigenvalue weighted by molar-refractivity contribution is 0.543. The van der Waals surface area contributed by atoms with Crippen LogP contribution in [0.25, 0.3) is 0 Å². The van der Waals surface area contributed by atoms with Crippen LogP contribution in [0.3, 0.4) is 0 Å². The van der Waals surface area contributed by atoms with Gasteiger partial charge < -0.3 is 0 Å². The quantitative estimate of drug-likeness (QED) is 0.255. The molecule has 0 radical (unpaired) electrons. The van der Waals surface area contributed by atoms with Crippen LogP contribution in [0.15, 0.2) is 0 Å². The van der Waals surface area contributed by atoms with Crippen molar-refractivity contribution in [1.29, 1.82) is 0 Å². The Morgan fingerprint density at radius 3 is 0.250 bits per heavy atom. The molecule has 0 aromatic heterocycles. The Hall–Kier alpha value is 0.868. The molecule has 4 heteroatoms. The molecule has 0 saturated carbocycles. The van der Waals surface area contributed by atoms with E-state index in [0.717, 1.165) is 0 Å². The van der Waals surface area contributed by atoms with Crippen molar-refractivity contribution in [3.05, 3.63) is 0 Å². The average Bonchev–Trinajstić information content (AvgIpc) is 2.32. The second-order valence-electron chi connectivity index (χ2n) is 21.0. The molecule has 0 unspecified atom stereocenters. The molecule has 0 spiro atoms. The highest BCUT2D eigenvalue weighted by Gasteiger charge is 3.03. The molecule has 0 amide bonds. The summed E-state index contributed by atoms with van der Waals surface area (Å²) in [6.07, 6.45) is 0. The predicted molar refractivity (Wildman–Crippen MR) is 181 cm³/mol. The number of rotatable bonds is 0. The third-order valence-electron chi connectivity index (χ3n) is 11.2. The highest BCUT2D eigenvalue weighted by molar-refractivity contribution is 8.17. The first kappa shape index (κ1) is 34.9. The van der Waals surface area contributed by atoms with Crippen molar-refractivity contribution in [3.8, 4) is 0 Å². The van der Waals surface area contributed by atoms with Crippen molar-refractivity contribution in [1.82, 2.24) is 0 Å². The first-order valence-corrected chi connectivity index (χ1v) is 27.0. The molecule has 1 heterocycles. The summed E-state index contributed by atoms with van der Waals surface area (Å²) in [5.74, 6) is 0. The van der Waals surface area contributed by atoms with Crippen molar-refractivity contribution in [2.45, 2.75) is 206 Å². The molecule has 0 aliphatic carbocycles. The summed E-state index contributed by atoms with van der Waals surface area (Å²) < 4.78 is 0. The molecular weight excluding hydrogens is 497 g/mol. The normalized spacial score (nSPS) is 23.3. The number of hydrogen-bond donors (Lipinski definition) is 0. The van der Waals surface area contributed by atoms with Crippen molar-refractivity contribution in [3.63, 3.8) is 0 Å². The minimum atomic E-state index is -2.06. The fraction of sp³-hybridized carbons (Fsp3) is 1.00. The second kappa shape index (κ2) is 8.21. The van der Waals surface area contributed by atoms with Gasteiger partial charge >= 0.3 is 0 Å². The Bertz CT molecular complexity index is 607. The van der Waals surface area contributed by atoms with Crippen LogP contribution >= 0.6 is 0 Å². The summed E-state index contributed by atoms with van der Waals surface area (Å²) in [4.78, 5) is 0. The lowest BCUT2D eigenvalue weighted by Crippen LogP contribution is -3.18. The van der Waals surface area contributed by atoms with Crippen LogP contribution in [0.1, 0.15) is 166 Å². The average molecular weight is 569 g/mol. The van der Waals surface area contributed by atoms with Gasteiger partial charge in [0.25, 0.3) is 0 Å². The minimum absolute atomic E-state index is 0.359. The van der Waals surface area contributed by atoms with Crippen molar-refractivity contribution in [2.75, 3.05) is 0 Å². The topological polar surface area (TPSA) is 0 Å². The minimum Gasteiger partial charge on any atom is -0.0630 e. The second-order valence-corrected chi connectivity index (χ2v) is 63.0. The fourth-order valence-corrected chi connectivity index (χ4v) is 208. The maximum absolute atomic E-state index is 2.76. The molecule has 1 rings (SSSR count). The monoisotopic (exact) mass is 568 g/mol. The number of hydrogen-bond acceptors (Lipinski definition) is 0. The van der Waals surface area contributed by atoms with Gasteiger partial charge in [-0.05, 0) is 40.3 Å². The van der Waals surface area contributed by atoms with Gasteiger partial charge in [0.05, 0.1) is 28.4 Å². The third kappa shape index (κ3) is 3.37. The van der Waals surface area contributed by atoms with Crippen molar-refractivity contribution in [2.24, 2.45) is 0 Å². The van der Waals surface area contributed by atoms with Gasteiger partial charge in [0, 0.05) is 0 Å². The van der Waals surface area contributed by atoms with E-state index in [0.29, 0.717) is 40.3 Å². The lowest BCUT2D eigenvalue weighted by Gasteiger charge is -2.99. The zero-order valence-corrected chi connectivity index (χ0v) is 34.0. The van der Waals surface area contributed by atoms with Crippen LogP contribution in [0.5, 0.6) is 0 Å². The summed E-state index contributed by atoms with van der Waals surface area (Å²) in [6.45, 7) is 66.2. The van der Waals surface area contributed by atoms with Gasteiger partial charge in [-0.15, -0.1) is 0 Å². The molecule has 0 atom stereocenters. The lowest BCUT2D eigenvalue weighted by atomic mass is 10.2. The van der Waals surface area contributed by atoms with E-state index < -0.39 is 28.4 Å². The smallest absolute Gasteiger partial charge is 0.0511 e.